The minimum Gasteiger partial charge on any atom is -0.465 e. The summed E-state index contributed by atoms with van der Waals surface area (Å²) in [5.74, 6) is 0.498. The second-order valence-electron chi connectivity index (χ2n) is 9.38. The summed E-state index contributed by atoms with van der Waals surface area (Å²) in [5.41, 5.74) is 3.99. The van der Waals surface area contributed by atoms with Gasteiger partial charge in [0.15, 0.2) is 6.61 Å². The topological polar surface area (TPSA) is 81.4 Å². The van der Waals surface area contributed by atoms with Crippen LogP contribution in [0.4, 0.5) is 0 Å². The van der Waals surface area contributed by atoms with Crippen LogP contribution in [0.2, 0.25) is 0 Å². The molecule has 2 aliphatic carbocycles. The smallest absolute Gasteiger partial charge is 0.339 e. The third-order valence-electron chi connectivity index (χ3n) is 7.03. The standard InChI is InChI=1S/C28H30N2O4/c1-18-8-2-4-13-23(18)29-25(31)17-34-28(32)26-21-11-3-5-14-24(21)30-27-19(9-6-12-22(26)27)16-20-10-7-15-33-20/h3,5,7,10-11,14-16,18,23H,2,4,6,8-9,12-13,17H2,1H3,(H,29,31)/b19-16+/t18-,23-/m0/s1. The van der Waals surface area contributed by atoms with Gasteiger partial charge in [0.25, 0.3) is 5.91 Å². The molecule has 2 heterocycles. The molecule has 0 aliphatic heterocycles. The maximum atomic E-state index is 13.3. The van der Waals surface area contributed by atoms with Crippen molar-refractivity contribution in [2.24, 2.45) is 5.92 Å². The fourth-order valence-electron chi connectivity index (χ4n) is 5.24. The summed E-state index contributed by atoms with van der Waals surface area (Å²) in [6.07, 6.45) is 10.6. The summed E-state index contributed by atoms with van der Waals surface area (Å²) in [7, 11) is 0. The number of pyridine rings is 1. The van der Waals surface area contributed by atoms with E-state index in [2.05, 4.69) is 12.2 Å². The maximum Gasteiger partial charge on any atom is 0.339 e. The van der Waals surface area contributed by atoms with Gasteiger partial charge < -0.3 is 14.5 Å². The van der Waals surface area contributed by atoms with E-state index in [0.717, 1.165) is 72.0 Å². The number of nitrogens with zero attached hydrogens (tertiary/aromatic N) is 1. The third-order valence-corrected chi connectivity index (χ3v) is 7.03. The number of fused-ring (bicyclic) bond motifs is 2. The van der Waals surface area contributed by atoms with Crippen molar-refractivity contribution in [2.75, 3.05) is 6.61 Å². The summed E-state index contributed by atoms with van der Waals surface area (Å²) >= 11 is 0. The van der Waals surface area contributed by atoms with Crippen molar-refractivity contribution < 1.29 is 18.7 Å². The Morgan fingerprint density at radius 1 is 1.12 bits per heavy atom. The van der Waals surface area contributed by atoms with Crippen LogP contribution in [0.25, 0.3) is 22.6 Å². The van der Waals surface area contributed by atoms with Crippen LogP contribution in [0.3, 0.4) is 0 Å². The average Bonchev–Trinajstić information content (AvgIpc) is 3.36. The Labute approximate surface area is 199 Å². The highest BCUT2D eigenvalue weighted by Gasteiger charge is 2.27. The second-order valence-corrected chi connectivity index (χ2v) is 9.38. The van der Waals surface area contributed by atoms with E-state index in [9.17, 15) is 9.59 Å². The van der Waals surface area contributed by atoms with Crippen molar-refractivity contribution in [3.63, 3.8) is 0 Å². The molecule has 1 saturated carbocycles. The normalized spacial score (nSPS) is 21.3. The molecule has 176 valence electrons. The molecular formula is C28H30N2O4. The van der Waals surface area contributed by atoms with Gasteiger partial charge in [-0.2, -0.15) is 0 Å². The van der Waals surface area contributed by atoms with Crippen LogP contribution in [0.5, 0.6) is 0 Å². The van der Waals surface area contributed by atoms with Crippen molar-refractivity contribution in [2.45, 2.75) is 57.9 Å². The first-order valence-electron chi connectivity index (χ1n) is 12.2. The molecule has 0 spiro atoms. The number of furan rings is 1. The number of ether oxygens (including phenoxy) is 1. The second kappa shape index (κ2) is 9.84. The van der Waals surface area contributed by atoms with Crippen molar-refractivity contribution >= 4 is 34.4 Å². The Balaban J connectivity index is 1.42. The van der Waals surface area contributed by atoms with Gasteiger partial charge in [-0.25, -0.2) is 9.78 Å². The van der Waals surface area contributed by atoms with Crippen LogP contribution in [0.1, 0.15) is 72.8 Å². The summed E-state index contributed by atoms with van der Waals surface area (Å²) in [6.45, 7) is 1.89. The third kappa shape index (κ3) is 4.63. The first-order valence-corrected chi connectivity index (χ1v) is 12.2. The minimum absolute atomic E-state index is 0.156. The molecular weight excluding hydrogens is 428 g/mol. The quantitative estimate of drug-likeness (QED) is 0.507. The fourth-order valence-corrected chi connectivity index (χ4v) is 5.24. The molecule has 1 N–H and O–H groups in total. The molecule has 5 rings (SSSR count). The number of rotatable bonds is 5. The molecule has 1 aromatic carbocycles. The number of hydrogen-bond donors (Lipinski definition) is 1. The van der Waals surface area contributed by atoms with Crippen LogP contribution in [0, 0.1) is 5.92 Å². The van der Waals surface area contributed by atoms with E-state index in [1.54, 1.807) is 6.26 Å². The molecule has 2 aliphatic rings. The fraction of sp³-hybridized carbons (Fsp3) is 0.393. The molecule has 1 amide bonds. The predicted octanol–water partition coefficient (Wildman–Crippen LogP) is 5.56. The molecule has 0 saturated heterocycles. The number of esters is 1. The molecule has 3 aromatic rings. The Bertz CT molecular complexity index is 1230. The predicted molar refractivity (Wildman–Crippen MR) is 131 cm³/mol. The molecule has 6 heteroatoms. The number of amides is 1. The summed E-state index contributed by atoms with van der Waals surface area (Å²) in [4.78, 5) is 30.8. The van der Waals surface area contributed by atoms with Crippen LogP contribution >= 0.6 is 0 Å². The Kier molecular flexibility index (Phi) is 6.48. The Morgan fingerprint density at radius 3 is 2.79 bits per heavy atom. The number of hydrogen-bond acceptors (Lipinski definition) is 5. The van der Waals surface area contributed by atoms with Crippen LogP contribution < -0.4 is 5.32 Å². The monoisotopic (exact) mass is 458 g/mol. The number of aromatic nitrogens is 1. The van der Waals surface area contributed by atoms with E-state index in [-0.39, 0.29) is 18.6 Å². The Morgan fingerprint density at radius 2 is 1.97 bits per heavy atom. The van der Waals surface area contributed by atoms with E-state index < -0.39 is 5.97 Å². The zero-order valence-electron chi connectivity index (χ0n) is 19.5. The van der Waals surface area contributed by atoms with Crippen molar-refractivity contribution in [3.05, 3.63) is 65.2 Å². The largest absolute Gasteiger partial charge is 0.465 e. The van der Waals surface area contributed by atoms with E-state index in [0.29, 0.717) is 11.5 Å². The molecule has 0 unspecified atom stereocenters. The number of benzene rings is 1. The number of nitrogens with one attached hydrogen (secondary N) is 1. The van der Waals surface area contributed by atoms with E-state index in [4.69, 9.17) is 14.1 Å². The first-order chi connectivity index (χ1) is 16.6. The summed E-state index contributed by atoms with van der Waals surface area (Å²) in [6, 6.07) is 11.5. The lowest BCUT2D eigenvalue weighted by Crippen LogP contribution is -2.42. The highest BCUT2D eigenvalue weighted by Crippen LogP contribution is 2.36. The van der Waals surface area contributed by atoms with Crippen molar-refractivity contribution in [1.82, 2.24) is 10.3 Å². The van der Waals surface area contributed by atoms with Gasteiger partial charge in [0.2, 0.25) is 0 Å². The molecule has 0 radical (unpaired) electrons. The first kappa shape index (κ1) is 22.4. The maximum absolute atomic E-state index is 13.3. The molecule has 1 fully saturated rings. The van der Waals surface area contributed by atoms with Gasteiger partial charge in [0, 0.05) is 11.4 Å². The summed E-state index contributed by atoms with van der Waals surface area (Å²) < 4.78 is 11.1. The van der Waals surface area contributed by atoms with Gasteiger partial charge in [-0.3, -0.25) is 4.79 Å². The van der Waals surface area contributed by atoms with Crippen LogP contribution in [-0.4, -0.2) is 29.5 Å². The number of para-hydroxylation sites is 1. The number of carbonyl (C=O) groups is 2. The zero-order chi connectivity index (χ0) is 23.5. The van der Waals surface area contributed by atoms with Crippen molar-refractivity contribution in [1.29, 1.82) is 0 Å². The lowest BCUT2D eigenvalue weighted by Gasteiger charge is -2.29. The number of carbonyl (C=O) groups excluding carboxylic acids is 2. The van der Waals surface area contributed by atoms with Gasteiger partial charge in [0.05, 0.1) is 23.0 Å². The van der Waals surface area contributed by atoms with Gasteiger partial charge in [0.1, 0.15) is 5.76 Å². The van der Waals surface area contributed by atoms with Crippen LogP contribution in [0.15, 0.2) is 47.1 Å². The minimum atomic E-state index is -0.471. The molecule has 0 bridgehead atoms. The highest BCUT2D eigenvalue weighted by molar-refractivity contribution is 6.07. The van der Waals surface area contributed by atoms with E-state index in [1.165, 1.54) is 6.42 Å². The van der Waals surface area contributed by atoms with Gasteiger partial charge in [-0.05, 0) is 73.4 Å². The van der Waals surface area contributed by atoms with Crippen LogP contribution in [-0.2, 0) is 16.0 Å². The molecule has 6 nitrogen and oxygen atoms in total. The molecule has 2 aromatic heterocycles. The Hall–Kier alpha value is -3.41. The molecule has 34 heavy (non-hydrogen) atoms. The van der Waals surface area contributed by atoms with Crippen molar-refractivity contribution in [3.8, 4) is 0 Å². The average molecular weight is 459 g/mol. The van der Waals surface area contributed by atoms with Gasteiger partial charge >= 0.3 is 5.97 Å². The molecule has 2 atom stereocenters. The lowest BCUT2D eigenvalue weighted by atomic mass is 9.86. The zero-order valence-corrected chi connectivity index (χ0v) is 19.5. The lowest BCUT2D eigenvalue weighted by molar-refractivity contribution is -0.125. The van der Waals surface area contributed by atoms with E-state index in [1.807, 2.05) is 42.5 Å². The SMILES string of the molecule is C[C@H]1CCCC[C@@H]1NC(=O)COC(=O)c1c2c(nc3ccccc13)/C(=C/c1ccco1)CCC2. The van der Waals surface area contributed by atoms with E-state index >= 15 is 0 Å². The van der Waals surface area contributed by atoms with Gasteiger partial charge in [-0.1, -0.05) is 38.0 Å². The number of allylic oxidation sites excluding steroid dienone is 1. The van der Waals surface area contributed by atoms with Gasteiger partial charge in [-0.15, -0.1) is 0 Å². The summed E-state index contributed by atoms with van der Waals surface area (Å²) in [5, 5.41) is 3.82. The highest BCUT2D eigenvalue weighted by atomic mass is 16.5.